The molecule has 0 radical (unpaired) electrons. The highest BCUT2D eigenvalue weighted by atomic mass is 15.0. The number of fused-ring (bicyclic) bond motifs is 1. The van der Waals surface area contributed by atoms with Gasteiger partial charge in [0, 0.05) is 7.05 Å². The summed E-state index contributed by atoms with van der Waals surface area (Å²) in [6.07, 6.45) is 7.33. The number of aromatic nitrogens is 2. The number of aryl methyl sites for hydroxylation is 3. The van der Waals surface area contributed by atoms with Crippen LogP contribution in [-0.4, -0.2) is 9.55 Å². The predicted molar refractivity (Wildman–Crippen MR) is 67.7 cm³/mol. The van der Waals surface area contributed by atoms with Gasteiger partial charge in [0.2, 0.25) is 0 Å². The van der Waals surface area contributed by atoms with Crippen molar-refractivity contribution in [1.82, 2.24) is 9.55 Å². The van der Waals surface area contributed by atoms with Crippen molar-refractivity contribution in [2.45, 2.75) is 25.3 Å². The Morgan fingerprint density at radius 3 is 2.88 bits per heavy atom. The second-order valence-electron chi connectivity index (χ2n) is 4.79. The monoisotopic (exact) mass is 227 g/mol. The van der Waals surface area contributed by atoms with Crippen molar-refractivity contribution >= 4 is 0 Å². The number of benzene rings is 1. The summed E-state index contributed by atoms with van der Waals surface area (Å²) in [6, 6.07) is 6.57. The molecule has 0 amide bonds. The lowest BCUT2D eigenvalue weighted by atomic mass is 10.00. The molecule has 2 N–H and O–H groups in total. The van der Waals surface area contributed by atoms with Crippen molar-refractivity contribution in [2.75, 3.05) is 0 Å². The fourth-order valence-corrected chi connectivity index (χ4v) is 2.62. The molecule has 88 valence electrons. The van der Waals surface area contributed by atoms with Gasteiger partial charge in [0.15, 0.2) is 0 Å². The smallest absolute Gasteiger partial charge is 0.0946 e. The molecule has 3 heteroatoms. The average Bonchev–Trinajstić information content (AvgIpc) is 2.95. The number of hydrogen-bond acceptors (Lipinski definition) is 2. The van der Waals surface area contributed by atoms with Crippen LogP contribution < -0.4 is 5.73 Å². The van der Waals surface area contributed by atoms with E-state index < -0.39 is 0 Å². The first-order chi connectivity index (χ1) is 8.25. The Balaban J connectivity index is 1.97. The zero-order valence-corrected chi connectivity index (χ0v) is 10.1. The van der Waals surface area contributed by atoms with Gasteiger partial charge in [-0.1, -0.05) is 18.2 Å². The third kappa shape index (κ3) is 1.76. The highest BCUT2D eigenvalue weighted by Gasteiger charge is 2.16. The molecular weight excluding hydrogens is 210 g/mol. The maximum atomic E-state index is 6.29. The van der Waals surface area contributed by atoms with E-state index in [1.807, 2.05) is 17.8 Å². The summed E-state index contributed by atoms with van der Waals surface area (Å²) in [5.41, 5.74) is 11.5. The summed E-state index contributed by atoms with van der Waals surface area (Å²) < 4.78 is 1.98. The highest BCUT2D eigenvalue weighted by Crippen LogP contribution is 2.26. The van der Waals surface area contributed by atoms with Crippen LogP contribution in [0.4, 0.5) is 0 Å². The van der Waals surface area contributed by atoms with Crippen LogP contribution in [0, 0.1) is 0 Å². The van der Waals surface area contributed by atoms with E-state index in [0.717, 1.165) is 5.69 Å². The highest BCUT2D eigenvalue weighted by molar-refractivity contribution is 5.38. The van der Waals surface area contributed by atoms with Gasteiger partial charge >= 0.3 is 0 Å². The first-order valence-corrected chi connectivity index (χ1v) is 6.09. The zero-order chi connectivity index (χ0) is 11.8. The minimum absolute atomic E-state index is 0.0756. The zero-order valence-electron chi connectivity index (χ0n) is 10.1. The van der Waals surface area contributed by atoms with Crippen molar-refractivity contribution in [3.8, 4) is 0 Å². The lowest BCUT2D eigenvalue weighted by Crippen LogP contribution is -2.15. The maximum absolute atomic E-state index is 6.29. The van der Waals surface area contributed by atoms with Crippen molar-refractivity contribution < 1.29 is 0 Å². The summed E-state index contributed by atoms with van der Waals surface area (Å²) in [6.45, 7) is 0. The second-order valence-corrected chi connectivity index (χ2v) is 4.79. The fourth-order valence-electron chi connectivity index (χ4n) is 2.62. The fraction of sp³-hybridized carbons (Fsp3) is 0.357. The third-order valence-electron chi connectivity index (χ3n) is 3.65. The van der Waals surface area contributed by atoms with Gasteiger partial charge in [0.25, 0.3) is 0 Å². The van der Waals surface area contributed by atoms with Crippen LogP contribution in [0.1, 0.15) is 34.8 Å². The van der Waals surface area contributed by atoms with E-state index >= 15 is 0 Å². The molecular formula is C14H17N3. The molecule has 1 heterocycles. The van der Waals surface area contributed by atoms with Crippen molar-refractivity contribution in [1.29, 1.82) is 0 Å². The molecule has 0 spiro atoms. The molecule has 0 aliphatic heterocycles. The number of nitrogens with zero attached hydrogens (tertiary/aromatic N) is 2. The molecule has 0 fully saturated rings. The number of hydrogen-bond donors (Lipinski definition) is 1. The Morgan fingerprint density at radius 2 is 2.12 bits per heavy atom. The van der Waals surface area contributed by atoms with Gasteiger partial charge < -0.3 is 10.3 Å². The van der Waals surface area contributed by atoms with Crippen molar-refractivity contribution in [3.05, 3.63) is 53.1 Å². The van der Waals surface area contributed by atoms with Crippen LogP contribution in [0.25, 0.3) is 0 Å². The summed E-state index contributed by atoms with van der Waals surface area (Å²) in [7, 11) is 1.98. The molecule has 0 saturated carbocycles. The molecule has 1 aliphatic carbocycles. The number of nitrogens with two attached hydrogens (primary N) is 1. The quantitative estimate of drug-likeness (QED) is 0.852. The Morgan fingerprint density at radius 1 is 1.29 bits per heavy atom. The molecule has 1 aromatic carbocycles. The minimum Gasteiger partial charge on any atom is -0.336 e. The molecule has 1 atom stereocenters. The van der Waals surface area contributed by atoms with E-state index in [4.69, 9.17) is 5.73 Å². The van der Waals surface area contributed by atoms with Crippen molar-refractivity contribution in [2.24, 2.45) is 12.8 Å². The molecule has 2 aromatic rings. The van der Waals surface area contributed by atoms with Gasteiger partial charge in [0.05, 0.1) is 24.3 Å². The molecule has 0 saturated heterocycles. The van der Waals surface area contributed by atoms with Gasteiger partial charge in [-0.05, 0) is 36.0 Å². The van der Waals surface area contributed by atoms with Gasteiger partial charge in [0.1, 0.15) is 0 Å². The largest absolute Gasteiger partial charge is 0.336 e. The van der Waals surface area contributed by atoms with Gasteiger partial charge in [-0.2, -0.15) is 0 Å². The minimum atomic E-state index is -0.0756. The first-order valence-electron chi connectivity index (χ1n) is 6.09. The van der Waals surface area contributed by atoms with E-state index in [9.17, 15) is 0 Å². The molecule has 1 unspecified atom stereocenters. The molecule has 3 nitrogen and oxygen atoms in total. The normalized spacial score (nSPS) is 15.9. The van der Waals surface area contributed by atoms with Crippen LogP contribution in [-0.2, 0) is 19.9 Å². The Bertz CT molecular complexity index is 542. The standard InChI is InChI=1S/C14H17N3/c1-17-9-16-8-13(17)14(15)12-6-5-10-3-2-4-11(10)7-12/h5-9,14H,2-4,15H2,1H3. The van der Waals surface area contributed by atoms with Crippen LogP contribution in [0.3, 0.4) is 0 Å². The van der Waals surface area contributed by atoms with E-state index in [0.29, 0.717) is 0 Å². The van der Waals surface area contributed by atoms with Gasteiger partial charge in [-0.15, -0.1) is 0 Å². The Kier molecular flexibility index (Phi) is 2.48. The Labute approximate surface area is 101 Å². The van der Waals surface area contributed by atoms with E-state index in [-0.39, 0.29) is 6.04 Å². The van der Waals surface area contributed by atoms with E-state index in [1.165, 1.54) is 36.0 Å². The summed E-state index contributed by atoms with van der Waals surface area (Å²) in [4.78, 5) is 4.12. The summed E-state index contributed by atoms with van der Waals surface area (Å²) in [5.74, 6) is 0. The third-order valence-corrected chi connectivity index (χ3v) is 3.65. The summed E-state index contributed by atoms with van der Waals surface area (Å²) in [5, 5.41) is 0. The van der Waals surface area contributed by atoms with Crippen LogP contribution in [0.5, 0.6) is 0 Å². The lowest BCUT2D eigenvalue weighted by molar-refractivity contribution is 0.745. The average molecular weight is 227 g/mol. The second kappa shape index (κ2) is 4.00. The topological polar surface area (TPSA) is 43.8 Å². The van der Waals surface area contributed by atoms with Crippen LogP contribution in [0.2, 0.25) is 0 Å². The molecule has 3 rings (SSSR count). The predicted octanol–water partition coefficient (Wildman–Crippen LogP) is 1.96. The van der Waals surface area contributed by atoms with E-state index in [2.05, 4.69) is 23.2 Å². The van der Waals surface area contributed by atoms with Gasteiger partial charge in [-0.3, -0.25) is 0 Å². The van der Waals surface area contributed by atoms with Crippen molar-refractivity contribution in [3.63, 3.8) is 0 Å². The van der Waals surface area contributed by atoms with Crippen LogP contribution in [0.15, 0.2) is 30.7 Å². The van der Waals surface area contributed by atoms with E-state index in [1.54, 1.807) is 6.33 Å². The number of imidazole rings is 1. The maximum Gasteiger partial charge on any atom is 0.0946 e. The van der Waals surface area contributed by atoms with Crippen LogP contribution >= 0.6 is 0 Å². The molecule has 1 aromatic heterocycles. The SMILES string of the molecule is Cn1cncc1C(N)c1ccc2c(c1)CCC2. The first kappa shape index (κ1) is 10.5. The Hall–Kier alpha value is -1.61. The molecule has 17 heavy (non-hydrogen) atoms. The number of rotatable bonds is 2. The lowest BCUT2D eigenvalue weighted by Gasteiger charge is -2.14. The molecule has 0 bridgehead atoms. The summed E-state index contributed by atoms with van der Waals surface area (Å²) >= 11 is 0. The molecule has 1 aliphatic rings. The van der Waals surface area contributed by atoms with Gasteiger partial charge in [-0.25, -0.2) is 4.98 Å².